The monoisotopic (exact) mass is 255 g/mol. The summed E-state index contributed by atoms with van der Waals surface area (Å²) in [6.45, 7) is 7.72. The van der Waals surface area contributed by atoms with Crippen LogP contribution in [0.1, 0.15) is 26.3 Å². The predicted molar refractivity (Wildman–Crippen MR) is 73.2 cm³/mol. The first-order chi connectivity index (χ1) is 7.81. The van der Waals surface area contributed by atoms with Crippen molar-refractivity contribution in [3.05, 3.63) is 34.9 Å². The minimum Gasteiger partial charge on any atom is -0.393 e. The molecule has 96 valence electrons. The highest BCUT2D eigenvalue weighted by Crippen LogP contribution is 2.22. The molecule has 0 heterocycles. The number of rotatable bonds is 5. The number of aliphatic hydroxyl groups excluding tert-OH is 1. The molecular formula is C14H22ClNO. The van der Waals surface area contributed by atoms with Crippen molar-refractivity contribution < 1.29 is 5.11 Å². The average molecular weight is 256 g/mol. The number of hydrogen-bond acceptors (Lipinski definition) is 2. The van der Waals surface area contributed by atoms with E-state index in [9.17, 15) is 5.11 Å². The largest absolute Gasteiger partial charge is 0.393 e. The molecule has 0 saturated carbocycles. The van der Waals surface area contributed by atoms with Gasteiger partial charge in [0.15, 0.2) is 0 Å². The fourth-order valence-electron chi connectivity index (χ4n) is 1.79. The van der Waals surface area contributed by atoms with Gasteiger partial charge in [0.1, 0.15) is 0 Å². The van der Waals surface area contributed by atoms with Gasteiger partial charge in [-0.2, -0.15) is 0 Å². The van der Waals surface area contributed by atoms with Crippen LogP contribution >= 0.6 is 11.6 Å². The lowest BCUT2D eigenvalue weighted by Crippen LogP contribution is -2.38. The first-order valence-corrected chi connectivity index (χ1v) is 6.30. The van der Waals surface area contributed by atoms with E-state index in [0.29, 0.717) is 0 Å². The van der Waals surface area contributed by atoms with E-state index in [0.717, 1.165) is 18.1 Å². The third-order valence-electron chi connectivity index (χ3n) is 3.17. The molecular weight excluding hydrogens is 234 g/mol. The lowest BCUT2D eigenvalue weighted by Gasteiger charge is -2.32. The molecule has 1 unspecified atom stereocenters. The summed E-state index contributed by atoms with van der Waals surface area (Å²) in [4.78, 5) is 2.22. The third-order valence-corrected chi connectivity index (χ3v) is 3.43. The highest BCUT2D eigenvalue weighted by molar-refractivity contribution is 6.30. The number of benzene rings is 1. The standard InChI is InChI=1S/C14H22ClNO/c1-11(17)14(2,3)10-16(4)9-12-5-7-13(15)8-6-12/h5-8,11,17H,9-10H2,1-4H3. The summed E-state index contributed by atoms with van der Waals surface area (Å²) >= 11 is 5.85. The molecule has 0 spiro atoms. The van der Waals surface area contributed by atoms with Crippen molar-refractivity contribution in [1.82, 2.24) is 4.90 Å². The Kier molecular flexibility index (Phi) is 4.99. The summed E-state index contributed by atoms with van der Waals surface area (Å²) in [6, 6.07) is 7.89. The normalized spacial score (nSPS) is 14.1. The molecule has 1 aromatic rings. The van der Waals surface area contributed by atoms with E-state index in [-0.39, 0.29) is 11.5 Å². The van der Waals surface area contributed by atoms with Crippen molar-refractivity contribution in [1.29, 1.82) is 0 Å². The van der Waals surface area contributed by atoms with Crippen LogP contribution in [0.5, 0.6) is 0 Å². The minimum absolute atomic E-state index is 0.0961. The van der Waals surface area contributed by atoms with Crippen molar-refractivity contribution in [2.24, 2.45) is 5.41 Å². The Hall–Kier alpha value is -0.570. The minimum atomic E-state index is -0.310. The molecule has 1 rings (SSSR count). The molecule has 0 fully saturated rings. The van der Waals surface area contributed by atoms with Gasteiger partial charge in [0.2, 0.25) is 0 Å². The number of aliphatic hydroxyl groups is 1. The van der Waals surface area contributed by atoms with Gasteiger partial charge in [-0.25, -0.2) is 0 Å². The predicted octanol–water partition coefficient (Wildman–Crippen LogP) is 3.18. The first kappa shape index (κ1) is 14.5. The van der Waals surface area contributed by atoms with Crippen molar-refractivity contribution in [2.75, 3.05) is 13.6 Å². The summed E-state index contributed by atoms with van der Waals surface area (Å²) in [6.07, 6.45) is -0.310. The zero-order chi connectivity index (χ0) is 13.1. The second-order valence-electron chi connectivity index (χ2n) is 5.46. The van der Waals surface area contributed by atoms with Crippen LogP contribution in [-0.2, 0) is 6.54 Å². The van der Waals surface area contributed by atoms with Crippen LogP contribution in [0.15, 0.2) is 24.3 Å². The topological polar surface area (TPSA) is 23.5 Å². The molecule has 0 amide bonds. The maximum Gasteiger partial charge on any atom is 0.0575 e. The average Bonchev–Trinajstić information content (AvgIpc) is 2.20. The van der Waals surface area contributed by atoms with Gasteiger partial charge in [0.05, 0.1) is 6.10 Å². The maximum atomic E-state index is 9.69. The van der Waals surface area contributed by atoms with Crippen LogP contribution < -0.4 is 0 Å². The van der Waals surface area contributed by atoms with E-state index >= 15 is 0 Å². The zero-order valence-corrected chi connectivity index (χ0v) is 11.8. The summed E-state index contributed by atoms with van der Waals surface area (Å²) in [5.41, 5.74) is 1.14. The summed E-state index contributed by atoms with van der Waals surface area (Å²) < 4.78 is 0. The molecule has 0 aliphatic rings. The molecule has 0 bridgehead atoms. The Morgan fingerprint density at radius 3 is 2.29 bits per heavy atom. The van der Waals surface area contributed by atoms with E-state index < -0.39 is 0 Å². The molecule has 0 aliphatic carbocycles. The van der Waals surface area contributed by atoms with E-state index in [1.165, 1.54) is 5.56 Å². The molecule has 1 atom stereocenters. The van der Waals surface area contributed by atoms with Crippen molar-refractivity contribution in [3.63, 3.8) is 0 Å². The number of halogens is 1. The zero-order valence-electron chi connectivity index (χ0n) is 11.1. The molecule has 1 N–H and O–H groups in total. The van der Waals surface area contributed by atoms with E-state index in [2.05, 4.69) is 25.8 Å². The van der Waals surface area contributed by atoms with Crippen LogP contribution in [0.2, 0.25) is 5.02 Å². The molecule has 0 aromatic heterocycles. The first-order valence-electron chi connectivity index (χ1n) is 5.92. The van der Waals surface area contributed by atoms with E-state index in [1.807, 2.05) is 31.2 Å². The Morgan fingerprint density at radius 1 is 1.29 bits per heavy atom. The fourth-order valence-corrected chi connectivity index (χ4v) is 1.91. The molecule has 1 aromatic carbocycles. The van der Waals surface area contributed by atoms with Crippen LogP contribution in [0.25, 0.3) is 0 Å². The SMILES string of the molecule is CC(O)C(C)(C)CN(C)Cc1ccc(Cl)cc1. The summed E-state index contributed by atoms with van der Waals surface area (Å²) in [5, 5.41) is 10.5. The van der Waals surface area contributed by atoms with Gasteiger partial charge < -0.3 is 10.0 Å². The van der Waals surface area contributed by atoms with E-state index in [1.54, 1.807) is 0 Å². The second kappa shape index (κ2) is 5.85. The highest BCUT2D eigenvalue weighted by atomic mass is 35.5. The lowest BCUT2D eigenvalue weighted by atomic mass is 9.87. The van der Waals surface area contributed by atoms with Gasteiger partial charge in [-0.15, -0.1) is 0 Å². The smallest absolute Gasteiger partial charge is 0.0575 e. The van der Waals surface area contributed by atoms with E-state index in [4.69, 9.17) is 11.6 Å². The summed E-state index contributed by atoms with van der Waals surface area (Å²) in [7, 11) is 2.07. The Morgan fingerprint density at radius 2 is 1.82 bits per heavy atom. The van der Waals surface area contributed by atoms with Gasteiger partial charge in [0, 0.05) is 23.5 Å². The second-order valence-corrected chi connectivity index (χ2v) is 5.90. The molecule has 0 aliphatic heterocycles. The number of hydrogen-bond donors (Lipinski definition) is 1. The molecule has 0 radical (unpaired) electrons. The quantitative estimate of drug-likeness (QED) is 0.874. The Labute approximate surface area is 109 Å². The maximum absolute atomic E-state index is 9.69. The Balaban J connectivity index is 2.55. The van der Waals surface area contributed by atoms with Crippen LogP contribution in [0.4, 0.5) is 0 Å². The van der Waals surface area contributed by atoms with Crippen molar-refractivity contribution >= 4 is 11.6 Å². The van der Waals surface area contributed by atoms with Crippen LogP contribution in [-0.4, -0.2) is 29.7 Å². The van der Waals surface area contributed by atoms with Crippen LogP contribution in [0.3, 0.4) is 0 Å². The Bertz CT molecular complexity index is 346. The number of nitrogens with zero attached hydrogens (tertiary/aromatic N) is 1. The molecule has 2 nitrogen and oxygen atoms in total. The van der Waals surface area contributed by atoms with Gasteiger partial charge in [-0.05, 0) is 31.7 Å². The third kappa shape index (κ3) is 4.66. The van der Waals surface area contributed by atoms with Crippen LogP contribution in [0, 0.1) is 5.41 Å². The van der Waals surface area contributed by atoms with Crippen molar-refractivity contribution in [3.8, 4) is 0 Å². The fraction of sp³-hybridized carbons (Fsp3) is 0.571. The van der Waals surface area contributed by atoms with Gasteiger partial charge in [-0.1, -0.05) is 37.6 Å². The van der Waals surface area contributed by atoms with Gasteiger partial charge >= 0.3 is 0 Å². The molecule has 0 saturated heterocycles. The molecule has 3 heteroatoms. The summed E-state index contributed by atoms with van der Waals surface area (Å²) in [5.74, 6) is 0. The molecule has 17 heavy (non-hydrogen) atoms. The van der Waals surface area contributed by atoms with Gasteiger partial charge in [-0.3, -0.25) is 0 Å². The lowest BCUT2D eigenvalue weighted by molar-refractivity contribution is 0.0392. The van der Waals surface area contributed by atoms with Crippen molar-refractivity contribution in [2.45, 2.75) is 33.4 Å². The van der Waals surface area contributed by atoms with Gasteiger partial charge in [0.25, 0.3) is 0 Å². The highest BCUT2D eigenvalue weighted by Gasteiger charge is 2.25.